The van der Waals surface area contributed by atoms with Crippen LogP contribution in [-0.2, 0) is 6.61 Å². The fourth-order valence-electron chi connectivity index (χ4n) is 1.91. The first-order valence-corrected chi connectivity index (χ1v) is 6.43. The summed E-state index contributed by atoms with van der Waals surface area (Å²) in [6.45, 7) is 6.48. The fourth-order valence-corrected chi connectivity index (χ4v) is 1.91. The standard InChI is InChI=1S/C15H20N2O2/c1-10-7-13(12(3)16-4)5-6-15(10)18-9-14-8-11(2)19-17-14/h5-8,12,16H,9H2,1-4H3. The van der Waals surface area contributed by atoms with Gasteiger partial charge in [0.1, 0.15) is 23.8 Å². The van der Waals surface area contributed by atoms with Crippen molar-refractivity contribution < 1.29 is 9.26 Å². The summed E-state index contributed by atoms with van der Waals surface area (Å²) in [5.41, 5.74) is 3.19. The van der Waals surface area contributed by atoms with Gasteiger partial charge >= 0.3 is 0 Å². The second-order valence-corrected chi connectivity index (χ2v) is 4.75. The third-order valence-corrected chi connectivity index (χ3v) is 3.18. The molecule has 1 N–H and O–H groups in total. The molecule has 0 spiro atoms. The molecular weight excluding hydrogens is 240 g/mol. The van der Waals surface area contributed by atoms with Gasteiger partial charge in [0, 0.05) is 12.1 Å². The van der Waals surface area contributed by atoms with Crippen LogP contribution in [0.4, 0.5) is 0 Å². The fraction of sp³-hybridized carbons (Fsp3) is 0.400. The van der Waals surface area contributed by atoms with Crippen molar-refractivity contribution in [2.75, 3.05) is 7.05 Å². The number of hydrogen-bond donors (Lipinski definition) is 1. The third-order valence-electron chi connectivity index (χ3n) is 3.18. The molecule has 2 rings (SSSR count). The van der Waals surface area contributed by atoms with E-state index in [9.17, 15) is 0 Å². The molecule has 102 valence electrons. The van der Waals surface area contributed by atoms with Crippen molar-refractivity contribution in [1.29, 1.82) is 0 Å². The van der Waals surface area contributed by atoms with Crippen LogP contribution >= 0.6 is 0 Å². The average Bonchev–Trinajstić information content (AvgIpc) is 2.82. The summed E-state index contributed by atoms with van der Waals surface area (Å²) in [6, 6.07) is 8.45. The molecule has 0 saturated carbocycles. The number of nitrogens with zero attached hydrogens (tertiary/aromatic N) is 1. The predicted octanol–water partition coefficient (Wildman–Crippen LogP) is 3.15. The normalized spacial score (nSPS) is 12.4. The molecule has 0 aliphatic carbocycles. The van der Waals surface area contributed by atoms with Crippen molar-refractivity contribution in [2.24, 2.45) is 0 Å². The molecule has 0 amide bonds. The van der Waals surface area contributed by atoms with Crippen molar-refractivity contribution in [3.8, 4) is 5.75 Å². The van der Waals surface area contributed by atoms with Crippen LogP contribution in [0.2, 0.25) is 0 Å². The zero-order valence-corrected chi connectivity index (χ0v) is 11.9. The minimum absolute atomic E-state index is 0.339. The van der Waals surface area contributed by atoms with Gasteiger partial charge in [-0.15, -0.1) is 0 Å². The maximum Gasteiger partial charge on any atom is 0.134 e. The Hall–Kier alpha value is -1.81. The van der Waals surface area contributed by atoms with E-state index < -0.39 is 0 Å². The number of ether oxygens (including phenoxy) is 1. The van der Waals surface area contributed by atoms with Crippen LogP contribution in [0.25, 0.3) is 0 Å². The van der Waals surface area contributed by atoms with Gasteiger partial charge in [0.2, 0.25) is 0 Å². The number of aromatic nitrogens is 1. The second-order valence-electron chi connectivity index (χ2n) is 4.75. The van der Waals surface area contributed by atoms with Crippen LogP contribution in [0.1, 0.15) is 35.5 Å². The molecule has 0 saturated heterocycles. The van der Waals surface area contributed by atoms with E-state index >= 15 is 0 Å². The van der Waals surface area contributed by atoms with E-state index in [0.29, 0.717) is 12.6 Å². The third kappa shape index (κ3) is 3.35. The first-order chi connectivity index (χ1) is 9.10. The largest absolute Gasteiger partial charge is 0.487 e. The Bertz CT molecular complexity index is 549. The Kier molecular flexibility index (Phi) is 4.22. The molecule has 1 heterocycles. The second kappa shape index (κ2) is 5.89. The Morgan fingerprint density at radius 3 is 2.68 bits per heavy atom. The van der Waals surface area contributed by atoms with E-state index in [1.54, 1.807) is 0 Å². The lowest BCUT2D eigenvalue weighted by molar-refractivity contribution is 0.286. The number of hydrogen-bond acceptors (Lipinski definition) is 4. The number of benzene rings is 1. The van der Waals surface area contributed by atoms with Crippen molar-refractivity contribution in [1.82, 2.24) is 10.5 Å². The van der Waals surface area contributed by atoms with Crippen LogP contribution in [0, 0.1) is 13.8 Å². The predicted molar refractivity (Wildman–Crippen MR) is 74.2 cm³/mol. The summed E-state index contributed by atoms with van der Waals surface area (Å²) >= 11 is 0. The number of nitrogens with one attached hydrogen (secondary N) is 1. The molecule has 2 aromatic rings. The summed E-state index contributed by atoms with van der Waals surface area (Å²) in [5, 5.41) is 7.13. The van der Waals surface area contributed by atoms with Crippen molar-refractivity contribution in [3.05, 3.63) is 46.8 Å². The Morgan fingerprint density at radius 2 is 2.11 bits per heavy atom. The van der Waals surface area contributed by atoms with Crippen LogP contribution in [0.5, 0.6) is 5.75 Å². The monoisotopic (exact) mass is 260 g/mol. The van der Waals surface area contributed by atoms with E-state index in [0.717, 1.165) is 22.8 Å². The minimum Gasteiger partial charge on any atom is -0.487 e. The van der Waals surface area contributed by atoms with Gasteiger partial charge in [-0.25, -0.2) is 0 Å². The van der Waals surface area contributed by atoms with Crippen LogP contribution in [-0.4, -0.2) is 12.2 Å². The highest BCUT2D eigenvalue weighted by molar-refractivity contribution is 5.37. The molecule has 4 heteroatoms. The van der Waals surface area contributed by atoms with E-state index in [-0.39, 0.29) is 0 Å². The Morgan fingerprint density at radius 1 is 1.32 bits per heavy atom. The Balaban J connectivity index is 2.05. The van der Waals surface area contributed by atoms with E-state index in [1.807, 2.05) is 26.1 Å². The van der Waals surface area contributed by atoms with Gasteiger partial charge in [-0.3, -0.25) is 0 Å². The summed E-state index contributed by atoms with van der Waals surface area (Å²) in [5.74, 6) is 1.68. The highest BCUT2D eigenvalue weighted by atomic mass is 16.5. The van der Waals surface area contributed by atoms with Crippen LogP contribution in [0.15, 0.2) is 28.8 Å². The molecule has 19 heavy (non-hydrogen) atoms. The molecular formula is C15H20N2O2. The van der Waals surface area contributed by atoms with E-state index in [4.69, 9.17) is 9.26 Å². The lowest BCUT2D eigenvalue weighted by atomic mass is 10.1. The summed E-state index contributed by atoms with van der Waals surface area (Å²) in [4.78, 5) is 0. The van der Waals surface area contributed by atoms with Gasteiger partial charge in [-0.2, -0.15) is 0 Å². The molecule has 1 aromatic carbocycles. The zero-order chi connectivity index (χ0) is 13.8. The highest BCUT2D eigenvalue weighted by Crippen LogP contribution is 2.23. The highest BCUT2D eigenvalue weighted by Gasteiger charge is 2.07. The molecule has 0 bridgehead atoms. The van der Waals surface area contributed by atoms with Crippen LogP contribution in [0.3, 0.4) is 0 Å². The molecule has 0 aliphatic heterocycles. The van der Waals surface area contributed by atoms with E-state index in [2.05, 4.69) is 36.5 Å². The number of aryl methyl sites for hydroxylation is 2. The van der Waals surface area contributed by atoms with Gasteiger partial charge in [0.25, 0.3) is 0 Å². The number of rotatable bonds is 5. The maximum atomic E-state index is 5.76. The molecule has 1 atom stereocenters. The van der Waals surface area contributed by atoms with Gasteiger partial charge in [0.05, 0.1) is 0 Å². The smallest absolute Gasteiger partial charge is 0.134 e. The first-order valence-electron chi connectivity index (χ1n) is 6.43. The quantitative estimate of drug-likeness (QED) is 0.897. The lowest BCUT2D eigenvalue weighted by Crippen LogP contribution is -2.12. The van der Waals surface area contributed by atoms with E-state index in [1.165, 1.54) is 5.56 Å². The van der Waals surface area contributed by atoms with Gasteiger partial charge in [-0.05, 0) is 45.0 Å². The van der Waals surface area contributed by atoms with Crippen molar-refractivity contribution in [2.45, 2.75) is 33.4 Å². The molecule has 1 aromatic heterocycles. The lowest BCUT2D eigenvalue weighted by Gasteiger charge is -2.14. The summed E-state index contributed by atoms with van der Waals surface area (Å²) in [7, 11) is 1.96. The van der Waals surface area contributed by atoms with Gasteiger partial charge in [-0.1, -0.05) is 17.3 Å². The molecule has 0 fully saturated rings. The van der Waals surface area contributed by atoms with Gasteiger partial charge in [0.15, 0.2) is 0 Å². The summed E-state index contributed by atoms with van der Waals surface area (Å²) in [6.07, 6.45) is 0. The zero-order valence-electron chi connectivity index (χ0n) is 11.9. The molecule has 0 radical (unpaired) electrons. The SMILES string of the molecule is CNC(C)c1ccc(OCc2cc(C)on2)c(C)c1. The van der Waals surface area contributed by atoms with Crippen molar-refractivity contribution >= 4 is 0 Å². The molecule has 0 aliphatic rings. The Labute approximate surface area is 113 Å². The van der Waals surface area contributed by atoms with Gasteiger partial charge < -0.3 is 14.6 Å². The first kappa shape index (κ1) is 13.6. The molecule has 4 nitrogen and oxygen atoms in total. The summed E-state index contributed by atoms with van der Waals surface area (Å²) < 4.78 is 10.8. The van der Waals surface area contributed by atoms with Crippen LogP contribution < -0.4 is 10.1 Å². The average molecular weight is 260 g/mol. The minimum atomic E-state index is 0.339. The topological polar surface area (TPSA) is 47.3 Å². The van der Waals surface area contributed by atoms with Crippen molar-refractivity contribution in [3.63, 3.8) is 0 Å². The maximum absolute atomic E-state index is 5.76. The molecule has 1 unspecified atom stereocenters.